The highest BCUT2D eigenvalue weighted by Gasteiger charge is 2.20. The number of rotatable bonds is 5. The van der Waals surface area contributed by atoms with Crippen LogP contribution in [0.4, 0.5) is 0 Å². The minimum atomic E-state index is -3.48. The third-order valence-electron chi connectivity index (χ3n) is 2.91. The van der Waals surface area contributed by atoms with Crippen molar-refractivity contribution in [3.63, 3.8) is 0 Å². The Balaban J connectivity index is 2.17. The number of hydrogen-bond donors (Lipinski definition) is 1. The van der Waals surface area contributed by atoms with Crippen molar-refractivity contribution >= 4 is 10.0 Å². The topological polar surface area (TPSA) is 89.8 Å². The van der Waals surface area contributed by atoms with Crippen LogP contribution in [0, 0.1) is 11.3 Å². The number of aromatic amines is 1. The average molecular weight is 290 g/mol. The summed E-state index contributed by atoms with van der Waals surface area (Å²) in [5, 5.41) is 15.4. The maximum absolute atomic E-state index is 12.3. The molecule has 0 radical (unpaired) electrons. The SMILES string of the molecule is CN(Cc1cn[nH]c1)S(=O)(=O)Cc1ccccc1C#N. The van der Waals surface area contributed by atoms with E-state index in [0.717, 1.165) is 5.56 Å². The molecule has 0 fully saturated rings. The summed E-state index contributed by atoms with van der Waals surface area (Å²) in [4.78, 5) is 0. The molecule has 0 saturated heterocycles. The minimum Gasteiger partial charge on any atom is -0.285 e. The molecule has 0 atom stereocenters. The van der Waals surface area contributed by atoms with Crippen molar-refractivity contribution in [1.82, 2.24) is 14.5 Å². The van der Waals surface area contributed by atoms with Crippen LogP contribution in [0.15, 0.2) is 36.7 Å². The first-order chi connectivity index (χ1) is 9.53. The van der Waals surface area contributed by atoms with Crippen LogP contribution in [-0.4, -0.2) is 30.0 Å². The highest BCUT2D eigenvalue weighted by atomic mass is 32.2. The Kier molecular flexibility index (Phi) is 4.17. The summed E-state index contributed by atoms with van der Waals surface area (Å²) < 4.78 is 25.8. The van der Waals surface area contributed by atoms with E-state index in [0.29, 0.717) is 11.1 Å². The maximum atomic E-state index is 12.3. The first-order valence-electron chi connectivity index (χ1n) is 5.92. The van der Waals surface area contributed by atoms with Gasteiger partial charge < -0.3 is 0 Å². The standard InChI is InChI=1S/C13H14N4O2S/c1-17(9-11-7-15-16-8-11)20(18,19)10-13-5-3-2-4-12(13)6-14/h2-5,7-8H,9-10H2,1H3,(H,15,16). The molecule has 0 aliphatic heterocycles. The molecule has 0 spiro atoms. The van der Waals surface area contributed by atoms with Crippen molar-refractivity contribution in [2.24, 2.45) is 0 Å². The van der Waals surface area contributed by atoms with Crippen molar-refractivity contribution in [2.75, 3.05) is 7.05 Å². The molecule has 2 aromatic rings. The van der Waals surface area contributed by atoms with Crippen LogP contribution < -0.4 is 0 Å². The number of nitriles is 1. The lowest BCUT2D eigenvalue weighted by molar-refractivity contribution is 0.466. The van der Waals surface area contributed by atoms with Gasteiger partial charge in [0.15, 0.2) is 0 Å². The summed E-state index contributed by atoms with van der Waals surface area (Å²) in [5.41, 5.74) is 1.67. The average Bonchev–Trinajstić information content (AvgIpc) is 2.92. The second-order valence-corrected chi connectivity index (χ2v) is 6.46. The van der Waals surface area contributed by atoms with Crippen molar-refractivity contribution in [1.29, 1.82) is 5.26 Å². The Morgan fingerprint density at radius 3 is 2.80 bits per heavy atom. The largest absolute Gasteiger partial charge is 0.285 e. The summed E-state index contributed by atoms with van der Waals surface area (Å²) in [6.07, 6.45) is 3.23. The molecule has 0 aliphatic rings. The molecular formula is C13H14N4O2S. The Hall–Kier alpha value is -2.17. The van der Waals surface area contributed by atoms with Gasteiger partial charge in [-0.1, -0.05) is 18.2 Å². The zero-order chi connectivity index (χ0) is 14.6. The fourth-order valence-electron chi connectivity index (χ4n) is 1.78. The fraction of sp³-hybridized carbons (Fsp3) is 0.231. The summed E-state index contributed by atoms with van der Waals surface area (Å²) in [6.45, 7) is 0.244. The lowest BCUT2D eigenvalue weighted by Crippen LogP contribution is -2.27. The van der Waals surface area contributed by atoms with Gasteiger partial charge in [-0.25, -0.2) is 12.7 Å². The maximum Gasteiger partial charge on any atom is 0.218 e. The van der Waals surface area contributed by atoms with E-state index in [9.17, 15) is 8.42 Å². The van der Waals surface area contributed by atoms with Crippen LogP contribution in [0.1, 0.15) is 16.7 Å². The van der Waals surface area contributed by atoms with E-state index in [2.05, 4.69) is 10.2 Å². The van der Waals surface area contributed by atoms with E-state index in [-0.39, 0.29) is 12.3 Å². The highest BCUT2D eigenvalue weighted by molar-refractivity contribution is 7.88. The van der Waals surface area contributed by atoms with Crippen LogP contribution in [0.5, 0.6) is 0 Å². The van der Waals surface area contributed by atoms with Gasteiger partial charge in [-0.3, -0.25) is 5.10 Å². The van der Waals surface area contributed by atoms with Crippen molar-refractivity contribution < 1.29 is 8.42 Å². The Bertz CT molecular complexity index is 717. The van der Waals surface area contributed by atoms with Crippen LogP contribution in [0.2, 0.25) is 0 Å². The normalized spacial score (nSPS) is 11.4. The van der Waals surface area contributed by atoms with Crippen molar-refractivity contribution in [3.05, 3.63) is 53.3 Å². The fourth-order valence-corrected chi connectivity index (χ4v) is 2.99. The molecule has 7 heteroatoms. The number of nitrogens with one attached hydrogen (secondary N) is 1. The molecule has 20 heavy (non-hydrogen) atoms. The van der Waals surface area contributed by atoms with E-state index in [1.165, 1.54) is 11.4 Å². The predicted molar refractivity (Wildman–Crippen MR) is 73.8 cm³/mol. The number of H-pyrrole nitrogens is 1. The second-order valence-electron chi connectivity index (χ2n) is 4.39. The first-order valence-corrected chi connectivity index (χ1v) is 7.53. The lowest BCUT2D eigenvalue weighted by atomic mass is 10.1. The number of aromatic nitrogens is 2. The van der Waals surface area contributed by atoms with Gasteiger partial charge in [-0.2, -0.15) is 10.4 Å². The lowest BCUT2D eigenvalue weighted by Gasteiger charge is -2.16. The zero-order valence-electron chi connectivity index (χ0n) is 10.9. The number of sulfonamides is 1. The van der Waals surface area contributed by atoms with Gasteiger partial charge in [0.05, 0.1) is 23.6 Å². The second kappa shape index (κ2) is 5.86. The van der Waals surface area contributed by atoms with Gasteiger partial charge in [-0.15, -0.1) is 0 Å². The third-order valence-corrected chi connectivity index (χ3v) is 4.67. The zero-order valence-corrected chi connectivity index (χ0v) is 11.8. The van der Waals surface area contributed by atoms with Gasteiger partial charge in [-0.05, 0) is 11.6 Å². The number of hydrogen-bond acceptors (Lipinski definition) is 4. The molecule has 6 nitrogen and oxygen atoms in total. The summed E-state index contributed by atoms with van der Waals surface area (Å²) in [7, 11) is -1.97. The van der Waals surface area contributed by atoms with Crippen LogP contribution in [-0.2, 0) is 22.3 Å². The van der Waals surface area contributed by atoms with Crippen LogP contribution in [0.3, 0.4) is 0 Å². The predicted octanol–water partition coefficient (Wildman–Crippen LogP) is 1.24. The third kappa shape index (κ3) is 3.23. The van der Waals surface area contributed by atoms with Gasteiger partial charge in [0.2, 0.25) is 10.0 Å². The number of nitrogens with zero attached hydrogens (tertiary/aromatic N) is 3. The first kappa shape index (κ1) is 14.2. The minimum absolute atomic E-state index is 0.189. The molecule has 1 N–H and O–H groups in total. The van der Waals surface area contributed by atoms with Gasteiger partial charge >= 0.3 is 0 Å². The van der Waals surface area contributed by atoms with Crippen LogP contribution >= 0.6 is 0 Å². The molecule has 1 aromatic heterocycles. The van der Waals surface area contributed by atoms with Crippen LogP contribution in [0.25, 0.3) is 0 Å². The van der Waals surface area contributed by atoms with E-state index in [1.807, 2.05) is 6.07 Å². The molecule has 0 saturated carbocycles. The smallest absolute Gasteiger partial charge is 0.218 e. The number of benzene rings is 1. The molecule has 2 rings (SSSR count). The molecule has 1 aromatic carbocycles. The van der Waals surface area contributed by atoms with E-state index in [4.69, 9.17) is 5.26 Å². The van der Waals surface area contributed by atoms with E-state index < -0.39 is 10.0 Å². The van der Waals surface area contributed by atoms with Crippen molar-refractivity contribution in [3.8, 4) is 6.07 Å². The highest BCUT2D eigenvalue weighted by Crippen LogP contribution is 2.15. The van der Waals surface area contributed by atoms with Crippen molar-refractivity contribution in [2.45, 2.75) is 12.3 Å². The molecule has 0 bridgehead atoms. The van der Waals surface area contributed by atoms with Gasteiger partial charge in [0.25, 0.3) is 0 Å². The Morgan fingerprint density at radius 2 is 2.15 bits per heavy atom. The summed E-state index contributed by atoms with van der Waals surface area (Å²) >= 11 is 0. The van der Waals surface area contributed by atoms with E-state index in [1.54, 1.807) is 36.7 Å². The quantitative estimate of drug-likeness (QED) is 0.897. The monoisotopic (exact) mass is 290 g/mol. The molecule has 0 amide bonds. The molecule has 104 valence electrons. The Labute approximate surface area is 117 Å². The molecule has 0 aliphatic carbocycles. The van der Waals surface area contributed by atoms with Gasteiger partial charge in [0, 0.05) is 25.4 Å². The summed E-state index contributed by atoms with van der Waals surface area (Å²) in [5.74, 6) is -0.189. The molecular weight excluding hydrogens is 276 g/mol. The van der Waals surface area contributed by atoms with E-state index >= 15 is 0 Å². The Morgan fingerprint density at radius 1 is 1.40 bits per heavy atom. The molecule has 0 unspecified atom stereocenters. The molecule has 1 heterocycles. The summed E-state index contributed by atoms with van der Waals surface area (Å²) in [6, 6.07) is 8.71. The van der Waals surface area contributed by atoms with Gasteiger partial charge in [0.1, 0.15) is 0 Å².